The van der Waals surface area contributed by atoms with Crippen molar-refractivity contribution >= 4 is 17.6 Å². The van der Waals surface area contributed by atoms with E-state index in [-0.39, 0.29) is 0 Å². The molecule has 0 aliphatic rings. The molecule has 0 aliphatic carbocycles. The Morgan fingerprint density at radius 1 is 1.35 bits per heavy atom. The maximum atomic E-state index is 4.60. The first-order chi connectivity index (χ1) is 9.38. The first-order valence-corrected chi connectivity index (χ1v) is 8.75. The standard InChI is InChI=1S/C15H30N4S/c1-11(2)16-10-14-13(4)17-19(6)15(14)18(5)12(3)8-9-20-7/h11-12,16H,8-10H2,1-7H3. The van der Waals surface area contributed by atoms with Gasteiger partial charge in [0.05, 0.1) is 5.69 Å². The molecule has 0 bridgehead atoms. The second-order valence-corrected chi connectivity index (χ2v) is 6.77. The van der Waals surface area contributed by atoms with Gasteiger partial charge in [0, 0.05) is 38.3 Å². The van der Waals surface area contributed by atoms with Crippen molar-refractivity contribution in [1.82, 2.24) is 15.1 Å². The summed E-state index contributed by atoms with van der Waals surface area (Å²) in [7, 11) is 4.22. The number of hydrogen-bond donors (Lipinski definition) is 1. The molecular formula is C15H30N4S. The zero-order valence-electron chi connectivity index (χ0n) is 14.0. The van der Waals surface area contributed by atoms with Crippen LogP contribution in [0.5, 0.6) is 0 Å². The fraction of sp³-hybridized carbons (Fsp3) is 0.800. The van der Waals surface area contributed by atoms with Crippen LogP contribution in [-0.4, -0.2) is 40.9 Å². The Labute approximate surface area is 128 Å². The van der Waals surface area contributed by atoms with Gasteiger partial charge in [-0.1, -0.05) is 13.8 Å². The highest BCUT2D eigenvalue weighted by Gasteiger charge is 2.20. The Balaban J connectivity index is 2.91. The maximum absolute atomic E-state index is 4.60. The molecule has 1 N–H and O–H groups in total. The normalized spacial score (nSPS) is 13.0. The largest absolute Gasteiger partial charge is 0.357 e. The van der Waals surface area contributed by atoms with E-state index in [1.54, 1.807) is 0 Å². The summed E-state index contributed by atoms with van der Waals surface area (Å²) in [5.74, 6) is 2.44. The van der Waals surface area contributed by atoms with Crippen LogP contribution >= 0.6 is 11.8 Å². The van der Waals surface area contributed by atoms with Crippen molar-refractivity contribution in [2.45, 2.75) is 52.7 Å². The lowest BCUT2D eigenvalue weighted by Crippen LogP contribution is -2.32. The molecule has 1 rings (SSSR count). The zero-order valence-corrected chi connectivity index (χ0v) is 14.8. The monoisotopic (exact) mass is 298 g/mol. The van der Waals surface area contributed by atoms with Gasteiger partial charge in [0.1, 0.15) is 5.82 Å². The Morgan fingerprint density at radius 3 is 2.55 bits per heavy atom. The second-order valence-electron chi connectivity index (χ2n) is 5.79. The molecule has 1 aromatic heterocycles. The molecule has 1 atom stereocenters. The van der Waals surface area contributed by atoms with Gasteiger partial charge in [-0.2, -0.15) is 16.9 Å². The van der Waals surface area contributed by atoms with Gasteiger partial charge in [0.2, 0.25) is 0 Å². The van der Waals surface area contributed by atoms with Crippen LogP contribution in [-0.2, 0) is 13.6 Å². The molecule has 0 amide bonds. The smallest absolute Gasteiger partial charge is 0.131 e. The zero-order chi connectivity index (χ0) is 15.3. The summed E-state index contributed by atoms with van der Waals surface area (Å²) < 4.78 is 2.02. The van der Waals surface area contributed by atoms with Gasteiger partial charge < -0.3 is 10.2 Å². The average Bonchev–Trinajstić information content (AvgIpc) is 2.66. The van der Waals surface area contributed by atoms with E-state index in [9.17, 15) is 0 Å². The number of rotatable bonds is 8. The minimum absolute atomic E-state index is 0.488. The van der Waals surface area contributed by atoms with E-state index in [0.717, 1.165) is 12.2 Å². The summed E-state index contributed by atoms with van der Waals surface area (Å²) in [4.78, 5) is 2.37. The van der Waals surface area contributed by atoms with Gasteiger partial charge in [-0.3, -0.25) is 4.68 Å². The quantitative estimate of drug-likeness (QED) is 0.800. The Hall–Kier alpha value is -0.680. The molecular weight excluding hydrogens is 268 g/mol. The predicted octanol–water partition coefficient (Wildman–Crippen LogP) is 2.80. The number of anilines is 1. The van der Waals surface area contributed by atoms with Gasteiger partial charge in [0.15, 0.2) is 0 Å². The SMILES string of the molecule is CSCCC(C)N(C)c1c(CNC(C)C)c(C)nn1C. The van der Waals surface area contributed by atoms with Crippen molar-refractivity contribution in [2.75, 3.05) is 24.0 Å². The Morgan fingerprint density at radius 2 is 2.00 bits per heavy atom. The van der Waals surface area contributed by atoms with E-state index in [1.165, 1.54) is 23.6 Å². The molecule has 0 fully saturated rings. The first-order valence-electron chi connectivity index (χ1n) is 7.36. The Kier molecular flexibility index (Phi) is 6.89. The minimum atomic E-state index is 0.488. The summed E-state index contributed by atoms with van der Waals surface area (Å²) in [6.45, 7) is 9.62. The molecule has 4 nitrogen and oxygen atoms in total. The molecule has 0 aliphatic heterocycles. The fourth-order valence-electron chi connectivity index (χ4n) is 2.33. The minimum Gasteiger partial charge on any atom is -0.357 e. The first kappa shape index (κ1) is 17.4. The van der Waals surface area contributed by atoms with Crippen LogP contribution in [0.1, 0.15) is 38.4 Å². The summed E-state index contributed by atoms with van der Waals surface area (Å²) in [6, 6.07) is 1.01. The van der Waals surface area contributed by atoms with Crippen molar-refractivity contribution in [3.63, 3.8) is 0 Å². The molecule has 0 radical (unpaired) electrons. The number of thioether (sulfide) groups is 1. The predicted molar refractivity (Wildman–Crippen MR) is 90.8 cm³/mol. The molecule has 0 saturated carbocycles. The van der Waals surface area contributed by atoms with Crippen molar-refractivity contribution < 1.29 is 0 Å². The van der Waals surface area contributed by atoms with Crippen LogP contribution in [0.4, 0.5) is 5.82 Å². The van der Waals surface area contributed by atoms with E-state index in [0.29, 0.717) is 12.1 Å². The highest BCUT2D eigenvalue weighted by atomic mass is 32.2. The van der Waals surface area contributed by atoms with Gasteiger partial charge >= 0.3 is 0 Å². The highest BCUT2D eigenvalue weighted by Crippen LogP contribution is 2.25. The molecule has 0 aromatic carbocycles. The van der Waals surface area contributed by atoms with E-state index >= 15 is 0 Å². The lowest BCUT2D eigenvalue weighted by Gasteiger charge is -2.28. The molecule has 0 saturated heterocycles. The molecule has 5 heteroatoms. The number of nitrogens with one attached hydrogen (secondary N) is 1. The molecule has 1 unspecified atom stereocenters. The van der Waals surface area contributed by atoms with Gasteiger partial charge in [-0.15, -0.1) is 0 Å². The van der Waals surface area contributed by atoms with E-state index in [2.05, 4.69) is 56.3 Å². The lowest BCUT2D eigenvalue weighted by atomic mass is 10.1. The summed E-state index contributed by atoms with van der Waals surface area (Å²) in [5.41, 5.74) is 2.44. The molecule has 20 heavy (non-hydrogen) atoms. The van der Waals surface area contributed by atoms with Crippen molar-refractivity contribution in [2.24, 2.45) is 7.05 Å². The second kappa shape index (κ2) is 7.93. The van der Waals surface area contributed by atoms with E-state index in [4.69, 9.17) is 0 Å². The number of hydrogen-bond acceptors (Lipinski definition) is 4. The van der Waals surface area contributed by atoms with Gasteiger partial charge in [-0.25, -0.2) is 0 Å². The van der Waals surface area contributed by atoms with Gasteiger partial charge in [0.25, 0.3) is 0 Å². The molecule has 1 aromatic rings. The average molecular weight is 298 g/mol. The van der Waals surface area contributed by atoms with Crippen molar-refractivity contribution in [3.8, 4) is 0 Å². The van der Waals surface area contributed by atoms with Crippen LogP contribution < -0.4 is 10.2 Å². The number of aryl methyl sites for hydroxylation is 2. The van der Waals surface area contributed by atoms with Crippen LogP contribution in [0.15, 0.2) is 0 Å². The van der Waals surface area contributed by atoms with Crippen LogP contribution in [0.2, 0.25) is 0 Å². The lowest BCUT2D eigenvalue weighted by molar-refractivity contribution is 0.582. The number of aromatic nitrogens is 2. The highest BCUT2D eigenvalue weighted by molar-refractivity contribution is 7.98. The molecule has 0 spiro atoms. The fourth-order valence-corrected chi connectivity index (χ4v) is 2.91. The Bertz CT molecular complexity index is 414. The summed E-state index contributed by atoms with van der Waals surface area (Å²) in [5, 5.41) is 8.11. The van der Waals surface area contributed by atoms with Crippen molar-refractivity contribution in [3.05, 3.63) is 11.3 Å². The summed E-state index contributed by atoms with van der Waals surface area (Å²) >= 11 is 1.91. The van der Waals surface area contributed by atoms with Crippen LogP contribution in [0.25, 0.3) is 0 Å². The van der Waals surface area contributed by atoms with Crippen LogP contribution in [0, 0.1) is 6.92 Å². The third-order valence-corrected chi connectivity index (χ3v) is 4.38. The van der Waals surface area contributed by atoms with Crippen LogP contribution in [0.3, 0.4) is 0 Å². The number of nitrogens with zero attached hydrogens (tertiary/aromatic N) is 3. The maximum Gasteiger partial charge on any atom is 0.131 e. The van der Waals surface area contributed by atoms with E-state index < -0.39 is 0 Å². The van der Waals surface area contributed by atoms with Crippen molar-refractivity contribution in [1.29, 1.82) is 0 Å². The summed E-state index contributed by atoms with van der Waals surface area (Å²) in [6.07, 6.45) is 3.36. The molecule has 1 heterocycles. The molecule has 116 valence electrons. The van der Waals surface area contributed by atoms with E-state index in [1.807, 2.05) is 23.5 Å². The third-order valence-electron chi connectivity index (χ3n) is 3.74. The topological polar surface area (TPSA) is 33.1 Å². The third kappa shape index (κ3) is 4.42. The van der Waals surface area contributed by atoms with Gasteiger partial charge in [-0.05, 0) is 32.3 Å².